The lowest BCUT2D eigenvalue weighted by molar-refractivity contribution is 0.0485. The second-order valence-electron chi connectivity index (χ2n) is 5.72. The fourth-order valence-corrected chi connectivity index (χ4v) is 3.07. The van der Waals surface area contributed by atoms with Gasteiger partial charge in [-0.15, -0.1) is 0 Å². The fraction of sp³-hybridized carbons (Fsp3) is 0.600. The van der Waals surface area contributed by atoms with Gasteiger partial charge in [-0.2, -0.15) is 0 Å². The van der Waals surface area contributed by atoms with E-state index < -0.39 is 0 Å². The molecule has 0 aromatic heterocycles. The average molecular weight is 282 g/mol. The Hall–Kier alpha value is -0.610. The molecule has 0 aliphatic carbocycles. The Bertz CT molecular complexity index is 414. The van der Waals surface area contributed by atoms with Crippen molar-refractivity contribution in [1.29, 1.82) is 0 Å². The standard InChI is InChI=1S/C15H24ClN3/c1-18-8-6-15(12-17,7-9-18)19(2)11-13-4-3-5-14(16)10-13/h3-5,10H,6-9,11-12,17H2,1-2H3. The Kier molecular flexibility index (Phi) is 4.85. The summed E-state index contributed by atoms with van der Waals surface area (Å²) in [7, 11) is 4.36. The molecule has 19 heavy (non-hydrogen) atoms. The molecule has 1 saturated heterocycles. The smallest absolute Gasteiger partial charge is 0.0409 e. The highest BCUT2D eigenvalue weighted by Crippen LogP contribution is 2.28. The van der Waals surface area contributed by atoms with E-state index in [1.807, 2.05) is 18.2 Å². The number of likely N-dealkylation sites (tertiary alicyclic amines) is 1. The minimum Gasteiger partial charge on any atom is -0.329 e. The van der Waals surface area contributed by atoms with Crippen LogP contribution in [0.3, 0.4) is 0 Å². The van der Waals surface area contributed by atoms with E-state index in [-0.39, 0.29) is 5.54 Å². The van der Waals surface area contributed by atoms with Crippen LogP contribution in [0.5, 0.6) is 0 Å². The van der Waals surface area contributed by atoms with Crippen molar-refractivity contribution in [2.75, 3.05) is 33.7 Å². The predicted octanol–water partition coefficient (Wildman–Crippen LogP) is 2.19. The molecule has 2 rings (SSSR count). The van der Waals surface area contributed by atoms with Gasteiger partial charge in [-0.3, -0.25) is 4.90 Å². The van der Waals surface area contributed by atoms with E-state index in [1.165, 1.54) is 5.56 Å². The van der Waals surface area contributed by atoms with Gasteiger partial charge in [0.05, 0.1) is 0 Å². The van der Waals surface area contributed by atoms with Crippen LogP contribution in [0, 0.1) is 0 Å². The first-order chi connectivity index (χ1) is 9.05. The second-order valence-corrected chi connectivity index (χ2v) is 6.15. The Morgan fingerprint density at radius 3 is 2.63 bits per heavy atom. The summed E-state index contributed by atoms with van der Waals surface area (Å²) in [5, 5.41) is 0.802. The molecule has 106 valence electrons. The lowest BCUT2D eigenvalue weighted by Crippen LogP contribution is -2.57. The molecule has 4 heteroatoms. The van der Waals surface area contributed by atoms with E-state index >= 15 is 0 Å². The van der Waals surface area contributed by atoms with Gasteiger partial charge in [0.25, 0.3) is 0 Å². The first-order valence-corrected chi connectivity index (χ1v) is 7.28. The van der Waals surface area contributed by atoms with E-state index in [0.29, 0.717) is 0 Å². The fourth-order valence-electron chi connectivity index (χ4n) is 2.85. The molecule has 1 fully saturated rings. The topological polar surface area (TPSA) is 32.5 Å². The van der Waals surface area contributed by atoms with Gasteiger partial charge in [-0.1, -0.05) is 23.7 Å². The van der Waals surface area contributed by atoms with E-state index in [0.717, 1.165) is 44.0 Å². The summed E-state index contributed by atoms with van der Waals surface area (Å²) >= 11 is 6.05. The zero-order chi connectivity index (χ0) is 13.9. The van der Waals surface area contributed by atoms with Crippen molar-refractivity contribution in [2.24, 2.45) is 5.73 Å². The van der Waals surface area contributed by atoms with Gasteiger partial charge in [-0.25, -0.2) is 0 Å². The third-order valence-corrected chi connectivity index (χ3v) is 4.65. The number of hydrogen-bond acceptors (Lipinski definition) is 3. The lowest BCUT2D eigenvalue weighted by atomic mass is 9.86. The van der Waals surface area contributed by atoms with Crippen molar-refractivity contribution >= 4 is 11.6 Å². The molecular formula is C15H24ClN3. The molecule has 1 aliphatic rings. The SMILES string of the molecule is CN1CCC(CN)(N(C)Cc2cccc(Cl)c2)CC1. The molecule has 2 N–H and O–H groups in total. The summed E-state index contributed by atoms with van der Waals surface area (Å²) in [6, 6.07) is 8.09. The molecule has 0 unspecified atom stereocenters. The highest BCUT2D eigenvalue weighted by molar-refractivity contribution is 6.30. The molecule has 0 amide bonds. The minimum absolute atomic E-state index is 0.134. The van der Waals surface area contributed by atoms with Crippen LogP contribution in [-0.2, 0) is 6.54 Å². The summed E-state index contributed by atoms with van der Waals surface area (Å²) in [4.78, 5) is 4.78. The van der Waals surface area contributed by atoms with Crippen molar-refractivity contribution < 1.29 is 0 Å². The van der Waals surface area contributed by atoms with Crippen LogP contribution in [0.15, 0.2) is 24.3 Å². The first kappa shape index (κ1) is 14.8. The molecule has 1 aliphatic heterocycles. The monoisotopic (exact) mass is 281 g/mol. The Labute approximate surface area is 121 Å². The number of piperidine rings is 1. The number of rotatable bonds is 4. The average Bonchev–Trinajstić information content (AvgIpc) is 2.40. The zero-order valence-electron chi connectivity index (χ0n) is 11.9. The summed E-state index contributed by atoms with van der Waals surface area (Å²) in [5.74, 6) is 0. The number of nitrogens with zero attached hydrogens (tertiary/aromatic N) is 2. The molecule has 0 atom stereocenters. The number of hydrogen-bond donors (Lipinski definition) is 1. The third-order valence-electron chi connectivity index (χ3n) is 4.42. The van der Waals surface area contributed by atoms with E-state index in [4.69, 9.17) is 17.3 Å². The summed E-state index contributed by atoms with van der Waals surface area (Å²) < 4.78 is 0. The van der Waals surface area contributed by atoms with Gasteiger partial charge in [0, 0.05) is 23.7 Å². The molecular weight excluding hydrogens is 258 g/mol. The number of halogens is 1. The first-order valence-electron chi connectivity index (χ1n) is 6.90. The number of likely N-dealkylation sites (N-methyl/N-ethyl adjacent to an activating group) is 1. The molecule has 1 heterocycles. The molecule has 1 aromatic carbocycles. The minimum atomic E-state index is 0.134. The highest BCUT2D eigenvalue weighted by Gasteiger charge is 2.35. The van der Waals surface area contributed by atoms with Gasteiger partial charge < -0.3 is 10.6 Å². The van der Waals surface area contributed by atoms with Crippen LogP contribution < -0.4 is 5.73 Å². The van der Waals surface area contributed by atoms with E-state index in [1.54, 1.807) is 0 Å². The van der Waals surface area contributed by atoms with E-state index in [9.17, 15) is 0 Å². The highest BCUT2D eigenvalue weighted by atomic mass is 35.5. The van der Waals surface area contributed by atoms with Gasteiger partial charge in [0.1, 0.15) is 0 Å². The molecule has 0 radical (unpaired) electrons. The second kappa shape index (κ2) is 6.23. The maximum atomic E-state index is 6.08. The number of benzene rings is 1. The van der Waals surface area contributed by atoms with Gasteiger partial charge in [-0.05, 0) is 57.7 Å². The maximum Gasteiger partial charge on any atom is 0.0409 e. The maximum absolute atomic E-state index is 6.08. The molecule has 0 saturated carbocycles. The molecule has 0 spiro atoms. The number of nitrogens with two attached hydrogens (primary N) is 1. The van der Waals surface area contributed by atoms with Crippen LogP contribution in [0.4, 0.5) is 0 Å². The summed E-state index contributed by atoms with van der Waals surface area (Å²) in [6.45, 7) is 3.87. The normalized spacial score (nSPS) is 19.8. The lowest BCUT2D eigenvalue weighted by Gasteiger charge is -2.46. The van der Waals surface area contributed by atoms with Crippen LogP contribution in [0.25, 0.3) is 0 Å². The van der Waals surface area contributed by atoms with Crippen molar-refractivity contribution in [1.82, 2.24) is 9.80 Å². The molecule has 0 bridgehead atoms. The zero-order valence-corrected chi connectivity index (χ0v) is 12.7. The van der Waals surface area contributed by atoms with Gasteiger partial charge in [0.2, 0.25) is 0 Å². The molecule has 1 aromatic rings. The van der Waals surface area contributed by atoms with Crippen LogP contribution in [0.2, 0.25) is 5.02 Å². The largest absolute Gasteiger partial charge is 0.329 e. The van der Waals surface area contributed by atoms with Crippen molar-refractivity contribution in [3.63, 3.8) is 0 Å². The van der Waals surface area contributed by atoms with Crippen molar-refractivity contribution in [2.45, 2.75) is 24.9 Å². The Morgan fingerprint density at radius 2 is 2.05 bits per heavy atom. The van der Waals surface area contributed by atoms with Crippen molar-refractivity contribution in [3.8, 4) is 0 Å². The Morgan fingerprint density at radius 1 is 1.37 bits per heavy atom. The van der Waals surface area contributed by atoms with Crippen LogP contribution in [-0.4, -0.2) is 49.1 Å². The Balaban J connectivity index is 2.06. The third kappa shape index (κ3) is 3.48. The summed E-state index contributed by atoms with van der Waals surface area (Å²) in [5.41, 5.74) is 7.47. The van der Waals surface area contributed by atoms with Gasteiger partial charge >= 0.3 is 0 Å². The van der Waals surface area contributed by atoms with E-state index in [2.05, 4.69) is 30.0 Å². The predicted molar refractivity (Wildman–Crippen MR) is 81.4 cm³/mol. The quantitative estimate of drug-likeness (QED) is 0.918. The molecule has 3 nitrogen and oxygen atoms in total. The van der Waals surface area contributed by atoms with Crippen LogP contribution in [0.1, 0.15) is 18.4 Å². The summed E-state index contributed by atoms with van der Waals surface area (Å²) in [6.07, 6.45) is 2.27. The van der Waals surface area contributed by atoms with Gasteiger partial charge in [0.15, 0.2) is 0 Å². The van der Waals surface area contributed by atoms with Crippen LogP contribution >= 0.6 is 11.6 Å². The van der Waals surface area contributed by atoms with Crippen molar-refractivity contribution in [3.05, 3.63) is 34.9 Å².